The van der Waals surface area contributed by atoms with Gasteiger partial charge in [0.05, 0.1) is 0 Å². The molecule has 0 aromatic carbocycles. The largest absolute Gasteiger partial charge is 0.481 e. The molecule has 4 fully saturated rings. The molecule has 19 heavy (non-hydrogen) atoms. The van der Waals surface area contributed by atoms with Gasteiger partial charge in [0, 0.05) is 12.1 Å². The number of aliphatic carboxylic acids is 1. The number of nitrogens with zero attached hydrogens (tertiary/aromatic N) is 1. The Morgan fingerprint density at radius 2 is 1.58 bits per heavy atom. The summed E-state index contributed by atoms with van der Waals surface area (Å²) in [7, 11) is 0. The van der Waals surface area contributed by atoms with Gasteiger partial charge in [0.25, 0.3) is 0 Å². The van der Waals surface area contributed by atoms with Gasteiger partial charge in [-0.3, -0.25) is 9.59 Å². The molecule has 4 saturated carbocycles. The van der Waals surface area contributed by atoms with Gasteiger partial charge >= 0.3 is 5.97 Å². The minimum absolute atomic E-state index is 0.00394. The summed E-state index contributed by atoms with van der Waals surface area (Å²) in [5.74, 6) is 1.14. The molecule has 0 aliphatic heterocycles. The summed E-state index contributed by atoms with van der Waals surface area (Å²) in [6, 6.07) is 0. The highest BCUT2D eigenvalue weighted by Gasteiger charge is 2.54. The zero-order valence-electron chi connectivity index (χ0n) is 11.6. The number of carbonyl (C=O) groups excluding carboxylic acids is 1. The summed E-state index contributed by atoms with van der Waals surface area (Å²) in [4.78, 5) is 25.0. The van der Waals surface area contributed by atoms with E-state index in [1.165, 1.54) is 19.3 Å². The molecule has 1 N–H and O–H groups in total. The Kier molecular flexibility index (Phi) is 3.06. The number of carboxylic acid groups (broad SMARTS) is 1. The van der Waals surface area contributed by atoms with Crippen LogP contribution in [0, 0.1) is 17.8 Å². The first kappa shape index (κ1) is 12.9. The number of carbonyl (C=O) groups is 2. The zero-order valence-corrected chi connectivity index (χ0v) is 11.6. The highest BCUT2D eigenvalue weighted by molar-refractivity contribution is 5.93. The van der Waals surface area contributed by atoms with Gasteiger partial charge < -0.3 is 10.0 Å². The van der Waals surface area contributed by atoms with Crippen LogP contribution in [-0.4, -0.2) is 34.0 Å². The lowest BCUT2D eigenvalue weighted by Crippen LogP contribution is -2.61. The summed E-state index contributed by atoms with van der Waals surface area (Å²) in [6.45, 7) is 2.64. The Balaban J connectivity index is 1.82. The highest BCUT2D eigenvalue weighted by Crippen LogP contribution is 2.57. The van der Waals surface area contributed by atoms with Crippen LogP contribution in [0.2, 0.25) is 0 Å². The predicted octanol–water partition coefficient (Wildman–Crippen LogP) is 2.28. The lowest BCUT2D eigenvalue weighted by molar-refractivity contribution is -0.155. The van der Waals surface area contributed by atoms with Crippen LogP contribution in [0.15, 0.2) is 0 Å². The molecular formula is C15H23NO3. The first-order valence-electron chi connectivity index (χ1n) is 7.54. The molecular weight excluding hydrogens is 242 g/mol. The number of hydrogen-bond donors (Lipinski definition) is 1. The lowest BCUT2D eigenvalue weighted by Gasteiger charge is -2.60. The minimum atomic E-state index is -1.01. The molecule has 0 saturated heterocycles. The number of amides is 1. The Labute approximate surface area is 114 Å². The molecule has 0 aromatic heterocycles. The van der Waals surface area contributed by atoms with E-state index in [-0.39, 0.29) is 17.9 Å². The maximum atomic E-state index is 12.2. The fourth-order valence-corrected chi connectivity index (χ4v) is 5.40. The zero-order chi connectivity index (χ0) is 13.6. The van der Waals surface area contributed by atoms with Crippen LogP contribution in [0.5, 0.6) is 0 Å². The van der Waals surface area contributed by atoms with E-state index in [0.717, 1.165) is 37.0 Å². The van der Waals surface area contributed by atoms with Crippen LogP contribution in [0.1, 0.15) is 51.9 Å². The van der Waals surface area contributed by atoms with Crippen molar-refractivity contribution in [3.05, 3.63) is 0 Å². The second kappa shape index (κ2) is 4.50. The van der Waals surface area contributed by atoms with Gasteiger partial charge in [-0.25, -0.2) is 0 Å². The summed E-state index contributed by atoms with van der Waals surface area (Å²) in [5, 5.41) is 8.86. The normalized spacial score (nSPS) is 39.3. The van der Waals surface area contributed by atoms with E-state index in [1.54, 1.807) is 0 Å². The Bertz CT molecular complexity index is 369. The van der Waals surface area contributed by atoms with Gasteiger partial charge in [-0.1, -0.05) is 0 Å². The Hall–Kier alpha value is -1.06. The Morgan fingerprint density at radius 3 is 1.95 bits per heavy atom. The average Bonchev–Trinajstić information content (AvgIpc) is 2.25. The first-order chi connectivity index (χ1) is 9.02. The monoisotopic (exact) mass is 265 g/mol. The molecule has 0 spiro atoms. The van der Waals surface area contributed by atoms with Crippen molar-refractivity contribution in [1.29, 1.82) is 0 Å². The molecule has 4 rings (SSSR count). The molecule has 4 aliphatic rings. The van der Waals surface area contributed by atoms with Gasteiger partial charge in [0.1, 0.15) is 6.42 Å². The number of hydrogen-bond acceptors (Lipinski definition) is 2. The van der Waals surface area contributed by atoms with Crippen molar-refractivity contribution in [2.75, 3.05) is 6.54 Å². The fourth-order valence-electron chi connectivity index (χ4n) is 5.40. The standard InChI is InChI=1S/C15H23NO3/c1-2-16(13(17)6-14(18)19)15-7-10-3-11(8-15)5-12(4-10)9-15/h10-12H,2-9H2,1H3,(H,18,19). The molecule has 0 aromatic rings. The third-order valence-electron chi connectivity index (χ3n) is 5.50. The van der Waals surface area contributed by atoms with E-state index in [1.807, 2.05) is 11.8 Å². The molecule has 4 bridgehead atoms. The van der Waals surface area contributed by atoms with Crippen LogP contribution in [-0.2, 0) is 9.59 Å². The second-order valence-corrected chi connectivity index (χ2v) is 6.85. The van der Waals surface area contributed by atoms with E-state index in [4.69, 9.17) is 5.11 Å². The summed E-state index contributed by atoms with van der Waals surface area (Å²) in [6.07, 6.45) is 6.99. The topological polar surface area (TPSA) is 57.6 Å². The van der Waals surface area contributed by atoms with Crippen LogP contribution in [0.25, 0.3) is 0 Å². The van der Waals surface area contributed by atoms with Crippen molar-refractivity contribution >= 4 is 11.9 Å². The SMILES string of the molecule is CCN(C(=O)CC(=O)O)C12CC3CC(CC(C3)C1)C2. The van der Waals surface area contributed by atoms with Gasteiger partial charge in [-0.2, -0.15) is 0 Å². The Morgan fingerprint density at radius 1 is 1.11 bits per heavy atom. The molecule has 4 heteroatoms. The van der Waals surface area contributed by atoms with Gasteiger partial charge in [0.15, 0.2) is 0 Å². The number of rotatable bonds is 4. The van der Waals surface area contributed by atoms with E-state index in [2.05, 4.69) is 0 Å². The fraction of sp³-hybridized carbons (Fsp3) is 0.867. The quantitative estimate of drug-likeness (QED) is 0.793. The van der Waals surface area contributed by atoms with Crippen LogP contribution < -0.4 is 0 Å². The van der Waals surface area contributed by atoms with Crippen LogP contribution >= 0.6 is 0 Å². The van der Waals surface area contributed by atoms with Crippen molar-refractivity contribution < 1.29 is 14.7 Å². The number of carboxylic acids is 1. The molecule has 0 radical (unpaired) electrons. The molecule has 0 heterocycles. The van der Waals surface area contributed by atoms with Crippen LogP contribution in [0.4, 0.5) is 0 Å². The van der Waals surface area contributed by atoms with Gasteiger partial charge in [-0.15, -0.1) is 0 Å². The van der Waals surface area contributed by atoms with Crippen molar-refractivity contribution in [1.82, 2.24) is 4.90 Å². The molecule has 4 nitrogen and oxygen atoms in total. The van der Waals surface area contributed by atoms with E-state index < -0.39 is 5.97 Å². The van der Waals surface area contributed by atoms with Crippen molar-refractivity contribution in [2.24, 2.45) is 17.8 Å². The summed E-state index contributed by atoms with van der Waals surface area (Å²) < 4.78 is 0. The molecule has 1 amide bonds. The first-order valence-corrected chi connectivity index (χ1v) is 7.54. The third-order valence-corrected chi connectivity index (χ3v) is 5.50. The third kappa shape index (κ3) is 2.15. The molecule has 0 unspecified atom stereocenters. The van der Waals surface area contributed by atoms with E-state index >= 15 is 0 Å². The molecule has 0 atom stereocenters. The highest BCUT2D eigenvalue weighted by atomic mass is 16.4. The van der Waals surface area contributed by atoms with Crippen molar-refractivity contribution in [2.45, 2.75) is 57.4 Å². The van der Waals surface area contributed by atoms with Crippen molar-refractivity contribution in [3.63, 3.8) is 0 Å². The van der Waals surface area contributed by atoms with Crippen molar-refractivity contribution in [3.8, 4) is 0 Å². The van der Waals surface area contributed by atoms with Gasteiger partial charge in [0.2, 0.25) is 5.91 Å². The predicted molar refractivity (Wildman–Crippen MR) is 70.5 cm³/mol. The molecule has 4 aliphatic carbocycles. The lowest BCUT2D eigenvalue weighted by atomic mass is 9.52. The summed E-state index contributed by atoms with van der Waals surface area (Å²) >= 11 is 0. The average molecular weight is 265 g/mol. The van der Waals surface area contributed by atoms with Gasteiger partial charge in [-0.05, 0) is 63.2 Å². The maximum absolute atomic E-state index is 12.2. The minimum Gasteiger partial charge on any atom is -0.481 e. The van der Waals surface area contributed by atoms with Crippen LogP contribution in [0.3, 0.4) is 0 Å². The second-order valence-electron chi connectivity index (χ2n) is 6.85. The molecule has 106 valence electrons. The maximum Gasteiger partial charge on any atom is 0.312 e. The smallest absolute Gasteiger partial charge is 0.312 e. The summed E-state index contributed by atoms with van der Waals surface area (Å²) in [5.41, 5.74) is -0.00394. The van der Waals surface area contributed by atoms with E-state index in [9.17, 15) is 9.59 Å². The van der Waals surface area contributed by atoms with E-state index in [0.29, 0.717) is 6.54 Å².